The summed E-state index contributed by atoms with van der Waals surface area (Å²) in [6.45, 7) is 0.999. The molecule has 0 saturated heterocycles. The van der Waals surface area contributed by atoms with E-state index in [9.17, 15) is 9.59 Å². The minimum atomic E-state index is -0.294. The normalized spacial score (nSPS) is 13.7. The monoisotopic (exact) mass is 380 g/mol. The van der Waals surface area contributed by atoms with Crippen molar-refractivity contribution < 1.29 is 14.3 Å². The predicted octanol–water partition coefficient (Wildman–Crippen LogP) is 4.37. The van der Waals surface area contributed by atoms with Crippen molar-refractivity contribution in [3.63, 3.8) is 0 Å². The van der Waals surface area contributed by atoms with Crippen molar-refractivity contribution in [2.24, 2.45) is 0 Å². The lowest BCUT2D eigenvalue weighted by molar-refractivity contribution is -0.140. The summed E-state index contributed by atoms with van der Waals surface area (Å²) in [7, 11) is 1.38. The fourth-order valence-electron chi connectivity index (χ4n) is 3.52. The van der Waals surface area contributed by atoms with Crippen molar-refractivity contribution in [2.75, 3.05) is 20.2 Å². The molecule has 1 amide bonds. The van der Waals surface area contributed by atoms with Crippen LogP contribution in [0.15, 0.2) is 60.4 Å². The highest BCUT2D eigenvalue weighted by Crippen LogP contribution is 2.21. The largest absolute Gasteiger partial charge is 0.469 e. The molecule has 2 aromatic rings. The van der Waals surface area contributed by atoms with E-state index in [4.69, 9.17) is 4.74 Å². The Morgan fingerprint density at radius 1 is 1.07 bits per heavy atom. The Morgan fingerprint density at radius 3 is 2.46 bits per heavy atom. The van der Waals surface area contributed by atoms with Crippen LogP contribution in [0.2, 0.25) is 0 Å². The van der Waals surface area contributed by atoms with Crippen molar-refractivity contribution in [3.8, 4) is 5.69 Å². The third kappa shape index (κ3) is 5.35. The van der Waals surface area contributed by atoms with Crippen LogP contribution in [0.3, 0.4) is 0 Å². The van der Waals surface area contributed by atoms with Gasteiger partial charge in [-0.15, -0.1) is 0 Å². The van der Waals surface area contributed by atoms with E-state index in [1.165, 1.54) is 25.5 Å². The summed E-state index contributed by atoms with van der Waals surface area (Å²) >= 11 is 0. The van der Waals surface area contributed by atoms with Gasteiger partial charge in [-0.05, 0) is 68.5 Å². The van der Waals surface area contributed by atoms with Crippen LogP contribution in [0.5, 0.6) is 0 Å². The SMILES string of the molecule is COC(=O)CCN(CCC1=CCCCC1)C(=O)c1ccc(-n2cccc2)cc1. The van der Waals surface area contributed by atoms with Gasteiger partial charge in [0.25, 0.3) is 5.91 Å². The molecular formula is C23H28N2O3. The van der Waals surface area contributed by atoms with Gasteiger partial charge in [0.2, 0.25) is 0 Å². The average Bonchev–Trinajstić information content (AvgIpc) is 3.29. The molecular weight excluding hydrogens is 352 g/mol. The number of hydrogen-bond donors (Lipinski definition) is 0. The van der Waals surface area contributed by atoms with Gasteiger partial charge in [-0.3, -0.25) is 9.59 Å². The molecule has 0 radical (unpaired) electrons. The quantitative estimate of drug-likeness (QED) is 0.505. The Bertz CT molecular complexity index is 807. The average molecular weight is 380 g/mol. The van der Waals surface area contributed by atoms with Crippen molar-refractivity contribution in [1.82, 2.24) is 9.47 Å². The minimum absolute atomic E-state index is 0.0423. The Labute approximate surface area is 166 Å². The van der Waals surface area contributed by atoms with Gasteiger partial charge in [-0.2, -0.15) is 0 Å². The summed E-state index contributed by atoms with van der Waals surface area (Å²) < 4.78 is 6.75. The first-order valence-corrected chi connectivity index (χ1v) is 9.95. The molecule has 1 aromatic heterocycles. The number of carbonyl (C=O) groups is 2. The topological polar surface area (TPSA) is 51.5 Å². The third-order valence-electron chi connectivity index (χ3n) is 5.21. The van der Waals surface area contributed by atoms with Crippen LogP contribution in [0.25, 0.3) is 5.69 Å². The summed E-state index contributed by atoms with van der Waals surface area (Å²) in [4.78, 5) is 26.4. The van der Waals surface area contributed by atoms with Crippen molar-refractivity contribution in [3.05, 3.63) is 66.0 Å². The van der Waals surface area contributed by atoms with E-state index < -0.39 is 0 Å². The number of aromatic nitrogens is 1. The summed E-state index contributed by atoms with van der Waals surface area (Å²) in [5, 5.41) is 0. The number of benzene rings is 1. The molecule has 0 atom stereocenters. The van der Waals surface area contributed by atoms with Crippen LogP contribution in [-0.4, -0.2) is 41.5 Å². The van der Waals surface area contributed by atoms with Gasteiger partial charge in [0, 0.05) is 36.7 Å². The van der Waals surface area contributed by atoms with E-state index in [-0.39, 0.29) is 18.3 Å². The van der Waals surface area contributed by atoms with E-state index in [1.54, 1.807) is 4.90 Å². The number of rotatable bonds is 8. The molecule has 5 heteroatoms. The number of nitrogens with zero attached hydrogens (tertiary/aromatic N) is 2. The highest BCUT2D eigenvalue weighted by atomic mass is 16.5. The maximum atomic E-state index is 13.1. The summed E-state index contributed by atoms with van der Waals surface area (Å²) in [6.07, 6.45) is 12.0. The van der Waals surface area contributed by atoms with Gasteiger partial charge in [0.05, 0.1) is 13.5 Å². The van der Waals surface area contributed by atoms with Crippen LogP contribution in [0.1, 0.15) is 48.9 Å². The van der Waals surface area contributed by atoms with Gasteiger partial charge in [-0.25, -0.2) is 0 Å². The van der Waals surface area contributed by atoms with E-state index in [1.807, 2.05) is 53.4 Å². The number of carbonyl (C=O) groups excluding carboxylic acids is 2. The molecule has 1 aliphatic carbocycles. The molecule has 0 aliphatic heterocycles. The molecule has 148 valence electrons. The molecule has 0 N–H and O–H groups in total. The number of ether oxygens (including phenoxy) is 1. The molecule has 0 fully saturated rings. The molecule has 3 rings (SSSR count). The van der Waals surface area contributed by atoms with E-state index in [0.717, 1.165) is 24.9 Å². The van der Waals surface area contributed by atoms with Gasteiger partial charge in [0.15, 0.2) is 0 Å². The second-order valence-corrected chi connectivity index (χ2v) is 7.11. The summed E-state index contributed by atoms with van der Waals surface area (Å²) in [6, 6.07) is 11.5. The maximum Gasteiger partial charge on any atom is 0.307 e. The van der Waals surface area contributed by atoms with Gasteiger partial charge in [0.1, 0.15) is 0 Å². The second-order valence-electron chi connectivity index (χ2n) is 7.11. The number of hydrogen-bond acceptors (Lipinski definition) is 3. The van der Waals surface area contributed by atoms with Crippen LogP contribution < -0.4 is 0 Å². The lowest BCUT2D eigenvalue weighted by Gasteiger charge is -2.24. The van der Waals surface area contributed by atoms with Crippen molar-refractivity contribution in [2.45, 2.75) is 38.5 Å². The Morgan fingerprint density at radius 2 is 1.82 bits per heavy atom. The number of allylic oxidation sites excluding steroid dienone is 1. The minimum Gasteiger partial charge on any atom is -0.469 e. The molecule has 1 aromatic carbocycles. The van der Waals surface area contributed by atoms with Crippen LogP contribution >= 0.6 is 0 Å². The van der Waals surface area contributed by atoms with Gasteiger partial charge in [-0.1, -0.05) is 11.6 Å². The zero-order valence-electron chi connectivity index (χ0n) is 16.5. The zero-order chi connectivity index (χ0) is 19.8. The number of amides is 1. The summed E-state index contributed by atoms with van der Waals surface area (Å²) in [5.41, 5.74) is 3.07. The number of methoxy groups -OCH3 is 1. The van der Waals surface area contributed by atoms with Crippen LogP contribution in [0, 0.1) is 0 Å². The molecule has 0 spiro atoms. The highest BCUT2D eigenvalue weighted by molar-refractivity contribution is 5.94. The van der Waals surface area contributed by atoms with E-state index >= 15 is 0 Å². The molecule has 1 aliphatic rings. The molecule has 0 saturated carbocycles. The Balaban J connectivity index is 1.68. The molecule has 5 nitrogen and oxygen atoms in total. The molecule has 1 heterocycles. The van der Waals surface area contributed by atoms with Crippen LogP contribution in [0.4, 0.5) is 0 Å². The Kier molecular flexibility index (Phi) is 7.06. The summed E-state index contributed by atoms with van der Waals surface area (Å²) in [5.74, 6) is -0.336. The Hall–Kier alpha value is -2.82. The highest BCUT2D eigenvalue weighted by Gasteiger charge is 2.18. The standard InChI is InChI=1S/C23H28N2O3/c1-28-22(26)14-18-25(17-13-19-7-3-2-4-8-19)23(27)20-9-11-21(12-10-20)24-15-5-6-16-24/h5-7,9-12,15-16H,2-4,8,13-14,17-18H2,1H3. The molecule has 0 unspecified atom stereocenters. The first-order valence-electron chi connectivity index (χ1n) is 9.95. The zero-order valence-corrected chi connectivity index (χ0v) is 16.5. The predicted molar refractivity (Wildman–Crippen MR) is 109 cm³/mol. The fourth-order valence-corrected chi connectivity index (χ4v) is 3.52. The lowest BCUT2D eigenvalue weighted by atomic mass is 9.97. The second kappa shape index (κ2) is 9.93. The van der Waals surface area contributed by atoms with Gasteiger partial charge < -0.3 is 14.2 Å². The van der Waals surface area contributed by atoms with E-state index in [2.05, 4.69) is 6.08 Å². The first-order chi connectivity index (χ1) is 13.7. The first kappa shape index (κ1) is 19.9. The van der Waals surface area contributed by atoms with Crippen molar-refractivity contribution in [1.29, 1.82) is 0 Å². The molecule has 0 bridgehead atoms. The lowest BCUT2D eigenvalue weighted by Crippen LogP contribution is -2.34. The fraction of sp³-hybridized carbons (Fsp3) is 0.391. The maximum absolute atomic E-state index is 13.1. The smallest absolute Gasteiger partial charge is 0.307 e. The van der Waals surface area contributed by atoms with Crippen molar-refractivity contribution >= 4 is 11.9 Å². The van der Waals surface area contributed by atoms with Gasteiger partial charge >= 0.3 is 5.97 Å². The number of esters is 1. The van der Waals surface area contributed by atoms with E-state index in [0.29, 0.717) is 18.7 Å². The molecule has 28 heavy (non-hydrogen) atoms. The van der Waals surface area contributed by atoms with Crippen LogP contribution in [-0.2, 0) is 9.53 Å². The third-order valence-corrected chi connectivity index (χ3v) is 5.21.